The molecule has 0 radical (unpaired) electrons. The quantitative estimate of drug-likeness (QED) is 0.754. The number of carbonyl (C=O) groups is 1. The van der Waals surface area contributed by atoms with Gasteiger partial charge < -0.3 is 9.64 Å². The van der Waals surface area contributed by atoms with Crippen LogP contribution in [0.25, 0.3) is 0 Å². The highest BCUT2D eigenvalue weighted by atomic mass is 32.2. The molecule has 7 heteroatoms. The van der Waals surface area contributed by atoms with Crippen LogP contribution in [0.4, 0.5) is 5.69 Å². The lowest BCUT2D eigenvalue weighted by Gasteiger charge is -2.26. The third kappa shape index (κ3) is 4.08. The molecule has 2 aliphatic heterocycles. The first-order valence-electron chi connectivity index (χ1n) is 10.0. The van der Waals surface area contributed by atoms with Gasteiger partial charge in [-0.1, -0.05) is 30.3 Å². The first-order chi connectivity index (χ1) is 14.0. The van der Waals surface area contributed by atoms with Gasteiger partial charge in [-0.2, -0.15) is 4.31 Å². The number of hydrogen-bond donors (Lipinski definition) is 0. The average molecular weight is 415 g/mol. The van der Waals surface area contributed by atoms with E-state index in [1.54, 1.807) is 12.1 Å². The Morgan fingerprint density at radius 2 is 1.76 bits per heavy atom. The van der Waals surface area contributed by atoms with Gasteiger partial charge in [-0.05, 0) is 49.1 Å². The van der Waals surface area contributed by atoms with Gasteiger partial charge in [-0.15, -0.1) is 0 Å². The minimum Gasteiger partial charge on any atom is -0.379 e. The third-order valence-corrected chi connectivity index (χ3v) is 7.55. The molecule has 2 heterocycles. The van der Waals surface area contributed by atoms with Crippen molar-refractivity contribution >= 4 is 21.6 Å². The molecule has 2 aromatic rings. The number of nitrogens with zero attached hydrogens (tertiary/aromatic N) is 2. The number of rotatable bonds is 5. The zero-order chi connectivity index (χ0) is 20.4. The lowest BCUT2D eigenvalue weighted by atomic mass is 10.1. The number of benzene rings is 2. The van der Waals surface area contributed by atoms with Crippen LogP contribution in [0.3, 0.4) is 0 Å². The molecule has 6 nitrogen and oxygen atoms in total. The summed E-state index contributed by atoms with van der Waals surface area (Å²) in [5.41, 5.74) is 3.18. The Morgan fingerprint density at radius 1 is 1.07 bits per heavy atom. The Balaban J connectivity index is 1.40. The van der Waals surface area contributed by atoms with Crippen molar-refractivity contribution in [1.29, 1.82) is 0 Å². The lowest BCUT2D eigenvalue weighted by molar-refractivity contribution is -0.118. The summed E-state index contributed by atoms with van der Waals surface area (Å²) in [7, 11) is -3.49. The van der Waals surface area contributed by atoms with E-state index < -0.39 is 10.0 Å². The topological polar surface area (TPSA) is 66.9 Å². The summed E-state index contributed by atoms with van der Waals surface area (Å²) in [5, 5.41) is 0. The van der Waals surface area contributed by atoms with E-state index in [1.165, 1.54) is 9.87 Å². The van der Waals surface area contributed by atoms with Crippen LogP contribution in [0.15, 0.2) is 53.4 Å². The maximum absolute atomic E-state index is 12.8. The molecule has 0 bridgehead atoms. The van der Waals surface area contributed by atoms with Crippen LogP contribution in [0.1, 0.15) is 24.5 Å². The predicted molar refractivity (Wildman–Crippen MR) is 111 cm³/mol. The number of aryl methyl sites for hydroxylation is 1. The molecule has 2 aromatic carbocycles. The van der Waals surface area contributed by atoms with Crippen molar-refractivity contribution in [3.05, 3.63) is 59.7 Å². The number of carbonyl (C=O) groups excluding carboxylic acids is 1. The zero-order valence-corrected chi connectivity index (χ0v) is 17.4. The van der Waals surface area contributed by atoms with E-state index in [0.717, 1.165) is 17.7 Å². The third-order valence-electron chi connectivity index (χ3n) is 5.63. The number of amides is 1. The molecule has 0 spiro atoms. The van der Waals surface area contributed by atoms with Gasteiger partial charge >= 0.3 is 0 Å². The largest absolute Gasteiger partial charge is 0.379 e. The number of para-hydroxylation sites is 1. The fraction of sp³-hybridized carbons (Fsp3) is 0.409. The van der Waals surface area contributed by atoms with Gasteiger partial charge in [0.25, 0.3) is 0 Å². The minimum absolute atomic E-state index is 0.104. The molecule has 1 unspecified atom stereocenters. The fourth-order valence-corrected chi connectivity index (χ4v) is 5.49. The van der Waals surface area contributed by atoms with E-state index >= 15 is 0 Å². The predicted octanol–water partition coefficient (Wildman–Crippen LogP) is 2.62. The van der Waals surface area contributed by atoms with Crippen LogP contribution in [0.2, 0.25) is 0 Å². The van der Waals surface area contributed by atoms with Gasteiger partial charge in [0.15, 0.2) is 0 Å². The Kier molecular flexibility index (Phi) is 5.72. The highest BCUT2D eigenvalue weighted by molar-refractivity contribution is 7.89. The van der Waals surface area contributed by atoms with Gasteiger partial charge in [-0.3, -0.25) is 4.79 Å². The number of hydrogen-bond acceptors (Lipinski definition) is 4. The number of sulfonamides is 1. The van der Waals surface area contributed by atoms with E-state index in [-0.39, 0.29) is 16.8 Å². The SMILES string of the molecule is CC1Cc2ccccc2N1C(=O)CCc1ccc(S(=O)(=O)N2CCOCC2)cc1. The second-order valence-electron chi connectivity index (χ2n) is 7.61. The van der Waals surface area contributed by atoms with Crippen molar-refractivity contribution in [1.82, 2.24) is 4.31 Å². The summed E-state index contributed by atoms with van der Waals surface area (Å²) in [6.07, 6.45) is 1.87. The molecule has 1 saturated heterocycles. The van der Waals surface area contributed by atoms with Crippen molar-refractivity contribution < 1.29 is 17.9 Å². The molecule has 0 aliphatic carbocycles. The van der Waals surface area contributed by atoms with Crippen molar-refractivity contribution in [3.63, 3.8) is 0 Å². The Hall–Kier alpha value is -2.22. The molecule has 1 atom stereocenters. The van der Waals surface area contributed by atoms with Gasteiger partial charge in [0.1, 0.15) is 0 Å². The van der Waals surface area contributed by atoms with Gasteiger partial charge in [0, 0.05) is 31.2 Å². The molecule has 0 saturated carbocycles. The van der Waals surface area contributed by atoms with Crippen LogP contribution < -0.4 is 4.90 Å². The number of fused-ring (bicyclic) bond motifs is 1. The summed E-state index contributed by atoms with van der Waals surface area (Å²) in [6.45, 7) is 3.69. The fourth-order valence-electron chi connectivity index (χ4n) is 4.08. The second-order valence-corrected chi connectivity index (χ2v) is 9.54. The molecule has 2 aliphatic rings. The molecule has 0 N–H and O–H groups in total. The molecule has 1 fully saturated rings. The molecule has 4 rings (SSSR count). The number of morpholine rings is 1. The first kappa shape index (κ1) is 20.1. The van der Waals surface area contributed by atoms with E-state index in [9.17, 15) is 13.2 Å². The summed E-state index contributed by atoms with van der Waals surface area (Å²) in [5.74, 6) is 0.104. The number of ether oxygens (including phenoxy) is 1. The van der Waals surface area contributed by atoms with E-state index in [1.807, 2.05) is 35.2 Å². The second kappa shape index (κ2) is 8.26. The summed E-state index contributed by atoms with van der Waals surface area (Å²) in [4.78, 5) is 15.0. The van der Waals surface area contributed by atoms with Crippen molar-refractivity contribution in [2.24, 2.45) is 0 Å². The first-order valence-corrected chi connectivity index (χ1v) is 11.5. The molecule has 0 aromatic heterocycles. The van der Waals surface area contributed by atoms with Crippen molar-refractivity contribution in [2.45, 2.75) is 37.1 Å². The molecule has 1 amide bonds. The lowest BCUT2D eigenvalue weighted by Crippen LogP contribution is -2.40. The van der Waals surface area contributed by atoms with Crippen LogP contribution >= 0.6 is 0 Å². The monoisotopic (exact) mass is 414 g/mol. The average Bonchev–Trinajstić information content (AvgIpc) is 3.08. The Labute approximate surface area is 172 Å². The number of anilines is 1. The Bertz CT molecular complexity index is 982. The highest BCUT2D eigenvalue weighted by Crippen LogP contribution is 2.32. The van der Waals surface area contributed by atoms with Crippen LogP contribution in [-0.2, 0) is 32.4 Å². The van der Waals surface area contributed by atoms with E-state index in [4.69, 9.17) is 4.74 Å². The normalized spacial score (nSPS) is 19.9. The van der Waals surface area contributed by atoms with E-state index in [0.29, 0.717) is 39.1 Å². The Morgan fingerprint density at radius 3 is 2.48 bits per heavy atom. The minimum atomic E-state index is -3.49. The molecular formula is C22H26N2O4S. The van der Waals surface area contributed by atoms with Gasteiger partial charge in [0.2, 0.25) is 15.9 Å². The van der Waals surface area contributed by atoms with Crippen molar-refractivity contribution in [2.75, 3.05) is 31.2 Å². The smallest absolute Gasteiger partial charge is 0.243 e. The van der Waals surface area contributed by atoms with Gasteiger partial charge in [-0.25, -0.2) is 8.42 Å². The molecule has 29 heavy (non-hydrogen) atoms. The molecule has 154 valence electrons. The molecular weight excluding hydrogens is 388 g/mol. The zero-order valence-electron chi connectivity index (χ0n) is 16.6. The van der Waals surface area contributed by atoms with E-state index in [2.05, 4.69) is 13.0 Å². The highest BCUT2D eigenvalue weighted by Gasteiger charge is 2.30. The van der Waals surface area contributed by atoms with Crippen LogP contribution in [0.5, 0.6) is 0 Å². The standard InChI is InChI=1S/C22H26N2O4S/c1-17-16-19-4-2-3-5-21(19)24(17)22(25)11-8-18-6-9-20(10-7-18)29(26,27)23-12-14-28-15-13-23/h2-7,9-10,17H,8,11-16H2,1H3. The van der Waals surface area contributed by atoms with Gasteiger partial charge in [0.05, 0.1) is 18.1 Å². The van der Waals surface area contributed by atoms with Crippen LogP contribution in [0, 0.1) is 0 Å². The van der Waals surface area contributed by atoms with Crippen molar-refractivity contribution in [3.8, 4) is 0 Å². The summed E-state index contributed by atoms with van der Waals surface area (Å²) in [6, 6.07) is 15.1. The maximum Gasteiger partial charge on any atom is 0.243 e. The summed E-state index contributed by atoms with van der Waals surface area (Å²) < 4.78 is 32.1. The summed E-state index contributed by atoms with van der Waals surface area (Å²) >= 11 is 0. The van der Waals surface area contributed by atoms with Crippen LogP contribution in [-0.4, -0.2) is 51.0 Å². The maximum atomic E-state index is 12.8.